The summed E-state index contributed by atoms with van der Waals surface area (Å²) in [4.78, 5) is 3.76. The molecule has 55 heavy (non-hydrogen) atoms. The Labute approximate surface area is 318 Å². The van der Waals surface area contributed by atoms with Crippen molar-refractivity contribution in [2.24, 2.45) is 0 Å². The number of benzene rings is 8. The lowest BCUT2D eigenvalue weighted by Gasteiger charge is -2.32. The molecule has 1 aliphatic rings. The molecule has 254 valence electrons. The van der Waals surface area contributed by atoms with Crippen LogP contribution in [0, 0.1) is 17.9 Å². The third-order valence-electron chi connectivity index (χ3n) is 11.6. The highest BCUT2D eigenvalue weighted by molar-refractivity contribution is 7.22. The van der Waals surface area contributed by atoms with Crippen molar-refractivity contribution in [1.82, 2.24) is 9.13 Å². The van der Waals surface area contributed by atoms with Crippen LogP contribution in [0.4, 0.5) is 5.69 Å². The first-order valence-corrected chi connectivity index (χ1v) is 20.4. The Morgan fingerprint density at radius 3 is 1.51 bits per heavy atom. The van der Waals surface area contributed by atoms with E-state index in [0.29, 0.717) is 11.3 Å². The highest BCUT2D eigenvalue weighted by Gasteiger charge is 2.48. The number of para-hydroxylation sites is 2. The van der Waals surface area contributed by atoms with E-state index < -0.39 is 8.07 Å². The topological polar surface area (TPSA) is 38.0 Å². The van der Waals surface area contributed by atoms with Gasteiger partial charge in [0.2, 0.25) is 0 Å². The van der Waals surface area contributed by atoms with Crippen LogP contribution in [-0.4, -0.2) is 17.2 Å². The van der Waals surface area contributed by atoms with Gasteiger partial charge in [0.05, 0.1) is 40.3 Å². The van der Waals surface area contributed by atoms with Crippen molar-refractivity contribution in [3.05, 3.63) is 199 Å². The fraction of sp³-hybridized carbons (Fsp3) is 0. The van der Waals surface area contributed by atoms with E-state index in [4.69, 9.17) is 6.57 Å². The van der Waals surface area contributed by atoms with Crippen LogP contribution in [0.15, 0.2) is 182 Å². The van der Waals surface area contributed by atoms with Gasteiger partial charge in [0.15, 0.2) is 13.8 Å². The van der Waals surface area contributed by atoms with Crippen LogP contribution >= 0.6 is 0 Å². The Bertz CT molecular complexity index is 3090. The zero-order valence-electron chi connectivity index (χ0n) is 29.6. The summed E-state index contributed by atoms with van der Waals surface area (Å²) in [5.41, 5.74) is 10.5. The Morgan fingerprint density at radius 1 is 0.455 bits per heavy atom. The number of hydrogen-bond acceptors (Lipinski definition) is 1. The molecule has 0 fully saturated rings. The lowest BCUT2D eigenvalue weighted by atomic mass is 10.1. The predicted molar refractivity (Wildman–Crippen MR) is 229 cm³/mol. The highest BCUT2D eigenvalue weighted by atomic mass is 28.3. The third-order valence-corrected chi connectivity index (χ3v) is 16.5. The van der Waals surface area contributed by atoms with Gasteiger partial charge in [-0.3, -0.25) is 0 Å². The first kappa shape index (κ1) is 31.1. The van der Waals surface area contributed by atoms with Crippen molar-refractivity contribution in [1.29, 1.82) is 5.26 Å². The normalized spacial score (nSPS) is 12.8. The van der Waals surface area contributed by atoms with Crippen molar-refractivity contribution in [2.75, 3.05) is 0 Å². The fourth-order valence-corrected chi connectivity index (χ4v) is 14.6. The molecule has 4 nitrogen and oxygen atoms in total. The minimum Gasteiger partial charge on any atom is -0.309 e. The van der Waals surface area contributed by atoms with Crippen molar-refractivity contribution < 1.29 is 0 Å². The predicted octanol–water partition coefficient (Wildman–Crippen LogP) is 9.66. The summed E-state index contributed by atoms with van der Waals surface area (Å²) >= 11 is 0. The van der Waals surface area contributed by atoms with E-state index in [0.717, 1.165) is 55.0 Å². The fourth-order valence-electron chi connectivity index (χ4n) is 9.41. The molecule has 0 unspecified atom stereocenters. The van der Waals surface area contributed by atoms with E-state index >= 15 is 0 Å². The summed E-state index contributed by atoms with van der Waals surface area (Å²) in [5, 5.41) is 19.6. The molecule has 11 rings (SSSR count). The summed E-state index contributed by atoms with van der Waals surface area (Å²) in [7, 11) is -2.92. The monoisotopic (exact) mass is 714 g/mol. The average Bonchev–Trinajstić information content (AvgIpc) is 3.87. The maximum absolute atomic E-state index is 9.79. The van der Waals surface area contributed by atoms with E-state index in [1.54, 1.807) is 0 Å². The molecule has 0 spiro atoms. The number of aromatic nitrogens is 2. The van der Waals surface area contributed by atoms with Gasteiger partial charge in [-0.15, -0.1) is 0 Å². The maximum Gasteiger partial charge on any atom is 0.188 e. The van der Waals surface area contributed by atoms with Gasteiger partial charge in [-0.1, -0.05) is 115 Å². The second kappa shape index (κ2) is 11.8. The minimum atomic E-state index is -2.92. The minimum absolute atomic E-state index is 0.642. The van der Waals surface area contributed by atoms with E-state index in [9.17, 15) is 5.26 Å². The third kappa shape index (κ3) is 4.30. The molecule has 0 saturated carbocycles. The van der Waals surface area contributed by atoms with Gasteiger partial charge >= 0.3 is 0 Å². The zero-order valence-corrected chi connectivity index (χ0v) is 30.6. The van der Waals surface area contributed by atoms with E-state index in [-0.39, 0.29) is 0 Å². The largest absolute Gasteiger partial charge is 0.309 e. The maximum atomic E-state index is 9.79. The Morgan fingerprint density at radius 2 is 0.945 bits per heavy atom. The number of hydrogen-bond donors (Lipinski definition) is 0. The molecule has 2 aromatic heterocycles. The summed E-state index contributed by atoms with van der Waals surface area (Å²) in [5.74, 6) is 0. The summed E-state index contributed by atoms with van der Waals surface area (Å²) in [6.45, 7) is 7.71. The van der Waals surface area contributed by atoms with Crippen LogP contribution in [0.1, 0.15) is 5.56 Å². The van der Waals surface area contributed by atoms with Crippen molar-refractivity contribution in [3.8, 4) is 28.6 Å². The SMILES string of the molecule is [C-]#[N+]c1ccc2c(c1)c1ccccc1n2-c1cccc([Si]2(c3cccc(-n4c5ccccc5c5cc(C#N)ccc54)c3)c3ccccc3-c3ccccc32)c1. The second-order valence-electron chi connectivity index (χ2n) is 14.3. The Kier molecular flexibility index (Phi) is 6.67. The highest BCUT2D eigenvalue weighted by Crippen LogP contribution is 2.36. The van der Waals surface area contributed by atoms with Crippen molar-refractivity contribution in [2.45, 2.75) is 0 Å². The van der Waals surface area contributed by atoms with Crippen LogP contribution < -0.4 is 20.7 Å². The van der Waals surface area contributed by atoms with Crippen LogP contribution in [0.5, 0.6) is 0 Å². The van der Waals surface area contributed by atoms with Gasteiger partial charge in [-0.25, -0.2) is 4.85 Å². The number of fused-ring (bicyclic) bond motifs is 9. The molecule has 0 aliphatic carbocycles. The summed E-state index contributed by atoms with van der Waals surface area (Å²) < 4.78 is 4.72. The van der Waals surface area contributed by atoms with Crippen LogP contribution in [0.25, 0.3) is 71.0 Å². The number of rotatable bonds is 4. The standard InChI is InChI=1S/C50H30N4Si/c1-52-34-25-27-48-44(29-34)40-17-3-7-21-46(40)54(48)36-13-11-15-38(31-36)55(49-22-8-4-18-41(49)42-19-5-9-23-50(42)55)37-14-10-12-35(30-37)53-45-20-6-2-16-39(45)43-28-33(32-51)24-26-47(43)53/h2-31H. The van der Waals surface area contributed by atoms with E-state index in [2.05, 4.69) is 178 Å². The molecule has 0 radical (unpaired) electrons. The molecule has 10 aromatic rings. The lowest BCUT2D eigenvalue weighted by molar-refractivity contribution is 1.18. The van der Waals surface area contributed by atoms with Gasteiger partial charge in [-0.2, -0.15) is 5.26 Å². The molecule has 0 N–H and O–H groups in total. The molecule has 0 saturated heterocycles. The second-order valence-corrected chi connectivity index (χ2v) is 18.0. The first-order valence-electron chi connectivity index (χ1n) is 18.4. The van der Waals surface area contributed by atoms with Crippen molar-refractivity contribution >= 4 is 78.1 Å². The molecule has 3 heterocycles. The van der Waals surface area contributed by atoms with Crippen LogP contribution in [0.2, 0.25) is 0 Å². The molecule has 5 heteroatoms. The van der Waals surface area contributed by atoms with Gasteiger partial charge in [0, 0.05) is 27.5 Å². The smallest absolute Gasteiger partial charge is 0.188 e. The molecule has 1 aliphatic heterocycles. The number of nitrogens with zero attached hydrogens (tertiary/aromatic N) is 4. The lowest BCUT2D eigenvalue weighted by Crippen LogP contribution is -2.72. The zero-order chi connectivity index (χ0) is 36.7. The molecular formula is C50H30N4Si. The summed E-state index contributed by atoms with van der Waals surface area (Å²) in [6.07, 6.45) is 0. The average molecular weight is 715 g/mol. The van der Waals surface area contributed by atoms with Crippen molar-refractivity contribution in [3.63, 3.8) is 0 Å². The summed E-state index contributed by atoms with van der Waals surface area (Å²) in [6, 6.07) is 67.9. The Hall–Kier alpha value is -7.44. The molecular weight excluding hydrogens is 685 g/mol. The van der Waals surface area contributed by atoms with Gasteiger partial charge in [0.25, 0.3) is 0 Å². The number of nitriles is 1. The van der Waals surface area contributed by atoms with E-state index in [1.807, 2.05) is 24.3 Å². The Balaban J connectivity index is 1.21. The van der Waals surface area contributed by atoms with Gasteiger partial charge < -0.3 is 9.13 Å². The van der Waals surface area contributed by atoms with Crippen LogP contribution in [-0.2, 0) is 0 Å². The first-order chi connectivity index (χ1) is 27.2. The van der Waals surface area contributed by atoms with E-state index in [1.165, 1.54) is 31.9 Å². The van der Waals surface area contributed by atoms with Gasteiger partial charge in [0.1, 0.15) is 0 Å². The van der Waals surface area contributed by atoms with Crippen LogP contribution in [0.3, 0.4) is 0 Å². The molecule has 8 aromatic carbocycles. The molecule has 0 amide bonds. The van der Waals surface area contributed by atoms with Gasteiger partial charge in [-0.05, 0) is 104 Å². The quantitative estimate of drug-likeness (QED) is 0.132. The molecule has 0 bridgehead atoms. The molecule has 0 atom stereocenters.